The maximum absolute atomic E-state index is 13.2. The van der Waals surface area contributed by atoms with Gasteiger partial charge in [0.15, 0.2) is 0 Å². The lowest BCUT2D eigenvalue weighted by Crippen LogP contribution is -2.37. The van der Waals surface area contributed by atoms with E-state index in [4.69, 9.17) is 5.73 Å². The van der Waals surface area contributed by atoms with Crippen LogP contribution in [0.2, 0.25) is 0 Å². The van der Waals surface area contributed by atoms with E-state index in [0.29, 0.717) is 27.6 Å². The van der Waals surface area contributed by atoms with E-state index in [1.807, 2.05) is 0 Å². The first-order valence-corrected chi connectivity index (χ1v) is 12.7. The molecule has 1 atom stereocenters. The normalized spacial score (nSPS) is 12.0. The minimum atomic E-state index is -4.46. The molecular weight excluding hydrogens is 545 g/mol. The first-order chi connectivity index (χ1) is 20.1. The van der Waals surface area contributed by atoms with Crippen molar-refractivity contribution in [3.63, 3.8) is 0 Å². The number of hydrogen-bond acceptors (Lipinski definition) is 4. The van der Waals surface area contributed by atoms with Crippen LogP contribution in [0.1, 0.15) is 37.9 Å². The number of benzene rings is 4. The zero-order valence-electron chi connectivity index (χ0n) is 21.9. The molecule has 42 heavy (non-hydrogen) atoms. The van der Waals surface area contributed by atoms with E-state index in [1.54, 1.807) is 84.9 Å². The number of pyridine rings is 1. The molecule has 0 fully saturated rings. The fourth-order valence-electron chi connectivity index (χ4n) is 4.47. The fourth-order valence-corrected chi connectivity index (χ4v) is 4.47. The first kappa shape index (κ1) is 28.0. The van der Waals surface area contributed by atoms with Gasteiger partial charge in [-0.1, -0.05) is 60.7 Å². The predicted molar refractivity (Wildman–Crippen MR) is 152 cm³/mol. The number of carbonyl (C=O) groups excluding carboxylic acids is 3. The van der Waals surface area contributed by atoms with Gasteiger partial charge in [0, 0.05) is 16.5 Å². The minimum Gasteiger partial charge on any atom is -0.368 e. The van der Waals surface area contributed by atoms with Crippen molar-refractivity contribution in [3.05, 3.63) is 131 Å². The first-order valence-electron chi connectivity index (χ1n) is 12.7. The third kappa shape index (κ3) is 6.12. The van der Waals surface area contributed by atoms with Crippen molar-refractivity contribution in [1.29, 1.82) is 0 Å². The molecule has 4 aromatic carbocycles. The van der Waals surface area contributed by atoms with Crippen molar-refractivity contribution in [1.82, 2.24) is 10.3 Å². The summed E-state index contributed by atoms with van der Waals surface area (Å²) in [5.74, 6) is -1.45. The van der Waals surface area contributed by atoms with Gasteiger partial charge in [-0.25, -0.2) is 4.98 Å². The molecule has 0 aliphatic rings. The molecule has 5 rings (SSSR count). The standard InChI is InChI=1S/C32H23F3N4O3/c33-32(34,35)23-14-10-19(11-15-23)24-8-4-5-9-25(24)31(42)38-27-17-13-21-18-22(12-16-26(21)37-27)30(41)39-28(29(36)40)20-6-2-1-3-7-20/h1-18,28H,(H2,36,40)(H,39,41)(H,37,38,42)/t28-/m0/s1. The van der Waals surface area contributed by atoms with Gasteiger partial charge in [0.1, 0.15) is 11.9 Å². The van der Waals surface area contributed by atoms with Crippen molar-refractivity contribution in [2.75, 3.05) is 5.32 Å². The van der Waals surface area contributed by atoms with Gasteiger partial charge in [-0.2, -0.15) is 13.2 Å². The number of nitrogens with two attached hydrogens (primary N) is 1. The Bertz CT molecular complexity index is 1790. The Morgan fingerprint density at radius 3 is 2.14 bits per heavy atom. The van der Waals surface area contributed by atoms with Crippen LogP contribution in [0.5, 0.6) is 0 Å². The highest BCUT2D eigenvalue weighted by Gasteiger charge is 2.30. The number of alkyl halides is 3. The third-order valence-electron chi connectivity index (χ3n) is 6.58. The molecule has 0 spiro atoms. The molecule has 210 valence electrons. The number of primary amides is 1. The molecule has 1 aromatic heterocycles. The van der Waals surface area contributed by atoms with Gasteiger partial charge < -0.3 is 16.4 Å². The van der Waals surface area contributed by atoms with Crippen molar-refractivity contribution >= 4 is 34.4 Å². The Hall–Kier alpha value is -5.51. The van der Waals surface area contributed by atoms with E-state index in [9.17, 15) is 27.6 Å². The summed E-state index contributed by atoms with van der Waals surface area (Å²) < 4.78 is 38.9. The number of rotatable bonds is 7. The van der Waals surface area contributed by atoms with Gasteiger partial charge in [0.2, 0.25) is 5.91 Å². The van der Waals surface area contributed by atoms with Gasteiger partial charge in [0.25, 0.3) is 11.8 Å². The van der Waals surface area contributed by atoms with Gasteiger partial charge in [-0.05, 0) is 65.2 Å². The van der Waals surface area contributed by atoms with Crippen LogP contribution in [-0.2, 0) is 11.0 Å². The largest absolute Gasteiger partial charge is 0.416 e. The Balaban J connectivity index is 1.33. The number of nitrogens with zero attached hydrogens (tertiary/aromatic N) is 1. The average Bonchev–Trinajstić information content (AvgIpc) is 2.99. The number of amides is 3. The van der Waals surface area contributed by atoms with Gasteiger partial charge >= 0.3 is 6.18 Å². The van der Waals surface area contributed by atoms with E-state index in [2.05, 4.69) is 15.6 Å². The number of halogens is 3. The van der Waals surface area contributed by atoms with Crippen molar-refractivity contribution in [3.8, 4) is 11.1 Å². The highest BCUT2D eigenvalue weighted by atomic mass is 19.4. The van der Waals surface area contributed by atoms with Gasteiger partial charge in [-0.3, -0.25) is 14.4 Å². The van der Waals surface area contributed by atoms with E-state index in [0.717, 1.165) is 12.1 Å². The molecule has 0 radical (unpaired) electrons. The maximum Gasteiger partial charge on any atom is 0.416 e. The molecule has 0 saturated carbocycles. The molecule has 7 nitrogen and oxygen atoms in total. The topological polar surface area (TPSA) is 114 Å². The van der Waals surface area contributed by atoms with E-state index < -0.39 is 35.5 Å². The Morgan fingerprint density at radius 1 is 0.762 bits per heavy atom. The Kier molecular flexibility index (Phi) is 7.70. The van der Waals surface area contributed by atoms with Crippen LogP contribution < -0.4 is 16.4 Å². The summed E-state index contributed by atoms with van der Waals surface area (Å²) in [6.07, 6.45) is -4.46. The smallest absolute Gasteiger partial charge is 0.368 e. The molecule has 5 aromatic rings. The summed E-state index contributed by atoms with van der Waals surface area (Å²) in [6.45, 7) is 0. The van der Waals surface area contributed by atoms with Crippen molar-refractivity contribution < 1.29 is 27.6 Å². The minimum absolute atomic E-state index is 0.241. The molecule has 1 heterocycles. The second kappa shape index (κ2) is 11.5. The maximum atomic E-state index is 13.2. The van der Waals surface area contributed by atoms with Gasteiger partial charge in [0.05, 0.1) is 11.1 Å². The lowest BCUT2D eigenvalue weighted by atomic mass is 9.98. The van der Waals surface area contributed by atoms with E-state index in [1.165, 1.54) is 12.1 Å². The number of hydrogen-bond donors (Lipinski definition) is 3. The summed E-state index contributed by atoms with van der Waals surface area (Å²) in [6, 6.07) is 26.8. The highest BCUT2D eigenvalue weighted by Crippen LogP contribution is 2.32. The number of anilines is 1. The van der Waals surface area contributed by atoms with Crippen LogP contribution in [0, 0.1) is 0 Å². The van der Waals surface area contributed by atoms with E-state index >= 15 is 0 Å². The molecule has 0 aliphatic heterocycles. The quantitative estimate of drug-likeness (QED) is 0.219. The van der Waals surface area contributed by atoms with Gasteiger partial charge in [-0.15, -0.1) is 0 Å². The average molecular weight is 569 g/mol. The molecular formula is C32H23F3N4O3. The second-order valence-electron chi connectivity index (χ2n) is 9.40. The fraction of sp³-hybridized carbons (Fsp3) is 0.0625. The summed E-state index contributed by atoms with van der Waals surface area (Å²) >= 11 is 0. The second-order valence-corrected chi connectivity index (χ2v) is 9.40. The Morgan fingerprint density at radius 2 is 1.45 bits per heavy atom. The molecule has 10 heteroatoms. The van der Waals surface area contributed by atoms with Crippen LogP contribution in [0.15, 0.2) is 109 Å². The van der Waals surface area contributed by atoms with Crippen LogP contribution >= 0.6 is 0 Å². The monoisotopic (exact) mass is 568 g/mol. The van der Waals surface area contributed by atoms with Crippen LogP contribution in [-0.4, -0.2) is 22.7 Å². The van der Waals surface area contributed by atoms with Crippen LogP contribution in [0.25, 0.3) is 22.0 Å². The molecule has 3 amide bonds. The zero-order valence-corrected chi connectivity index (χ0v) is 21.9. The number of fused-ring (bicyclic) bond motifs is 1. The Labute approximate surface area is 238 Å². The number of carbonyl (C=O) groups is 3. The van der Waals surface area contributed by atoms with E-state index in [-0.39, 0.29) is 16.9 Å². The SMILES string of the molecule is NC(=O)[C@@H](NC(=O)c1ccc2nc(NC(=O)c3ccccc3-c3ccc(C(F)(F)F)cc3)ccc2c1)c1ccccc1. The third-order valence-corrected chi connectivity index (χ3v) is 6.58. The van der Waals surface area contributed by atoms with Crippen LogP contribution in [0.3, 0.4) is 0 Å². The summed E-state index contributed by atoms with van der Waals surface area (Å²) in [5, 5.41) is 5.99. The predicted octanol–water partition coefficient (Wildman–Crippen LogP) is 6.13. The van der Waals surface area contributed by atoms with Crippen molar-refractivity contribution in [2.24, 2.45) is 5.73 Å². The number of aromatic nitrogens is 1. The molecule has 0 saturated heterocycles. The molecule has 0 aliphatic carbocycles. The molecule has 4 N–H and O–H groups in total. The molecule has 0 unspecified atom stereocenters. The lowest BCUT2D eigenvalue weighted by molar-refractivity contribution is -0.137. The zero-order chi connectivity index (χ0) is 29.9. The summed E-state index contributed by atoms with van der Waals surface area (Å²) in [4.78, 5) is 42.5. The number of nitrogens with one attached hydrogen (secondary N) is 2. The molecule has 0 bridgehead atoms. The summed E-state index contributed by atoms with van der Waals surface area (Å²) in [7, 11) is 0. The van der Waals surface area contributed by atoms with Crippen molar-refractivity contribution in [2.45, 2.75) is 12.2 Å². The van der Waals surface area contributed by atoms with Crippen LogP contribution in [0.4, 0.5) is 19.0 Å². The highest BCUT2D eigenvalue weighted by molar-refractivity contribution is 6.08. The lowest BCUT2D eigenvalue weighted by Gasteiger charge is -2.16. The summed E-state index contributed by atoms with van der Waals surface area (Å²) in [5.41, 5.74) is 7.24.